The monoisotopic (exact) mass is 588 g/mol. The molecule has 0 bridgehead atoms. The number of piperazine rings is 1. The molecule has 0 spiro atoms. The Hall–Kier alpha value is -5.51. The van der Waals surface area contributed by atoms with E-state index in [1.54, 1.807) is 35.2 Å². The summed E-state index contributed by atoms with van der Waals surface area (Å²) in [6, 6.07) is 29.4. The molecule has 1 aliphatic heterocycles. The smallest absolute Gasteiger partial charge is 0.410 e. The molecule has 3 aromatic carbocycles. The quantitative estimate of drug-likeness (QED) is 0.299. The molecule has 1 saturated heterocycles. The summed E-state index contributed by atoms with van der Waals surface area (Å²) in [5.41, 5.74) is 4.00. The fourth-order valence-electron chi connectivity index (χ4n) is 5.18. The second kappa shape index (κ2) is 12.8. The fraction of sp³-hybridized carbons (Fsp3) is 0.206. The van der Waals surface area contributed by atoms with Crippen molar-refractivity contribution in [1.82, 2.24) is 24.8 Å². The predicted molar refractivity (Wildman–Crippen MR) is 168 cm³/mol. The Labute approximate surface area is 254 Å². The molecule has 1 N–H and O–H groups in total. The molecule has 2 amide bonds. The number of aryl methyl sites for hydroxylation is 1. The second-order valence-corrected chi connectivity index (χ2v) is 10.6. The maximum Gasteiger partial charge on any atom is 0.410 e. The van der Waals surface area contributed by atoms with Crippen LogP contribution in [0.25, 0.3) is 16.7 Å². The third-order valence-corrected chi connectivity index (χ3v) is 7.64. The summed E-state index contributed by atoms with van der Waals surface area (Å²) in [5, 5.41) is 3.68. The maximum atomic E-state index is 13.1. The van der Waals surface area contributed by atoms with Crippen molar-refractivity contribution in [3.8, 4) is 5.69 Å². The summed E-state index contributed by atoms with van der Waals surface area (Å²) in [4.78, 5) is 51.8. The van der Waals surface area contributed by atoms with E-state index in [9.17, 15) is 14.4 Å². The van der Waals surface area contributed by atoms with Crippen LogP contribution in [0, 0.1) is 6.92 Å². The number of amides is 2. The lowest BCUT2D eigenvalue weighted by atomic mass is 10.1. The van der Waals surface area contributed by atoms with Gasteiger partial charge in [0, 0.05) is 49.7 Å². The summed E-state index contributed by atoms with van der Waals surface area (Å²) in [6.45, 7) is 4.51. The van der Waals surface area contributed by atoms with Crippen LogP contribution >= 0.6 is 0 Å². The van der Waals surface area contributed by atoms with Gasteiger partial charge in [-0.2, -0.15) is 4.98 Å². The van der Waals surface area contributed by atoms with Crippen LogP contribution in [0.1, 0.15) is 27.2 Å². The minimum Gasteiger partial charge on any atom is -0.445 e. The van der Waals surface area contributed by atoms with Gasteiger partial charge in [0.05, 0.1) is 11.4 Å². The van der Waals surface area contributed by atoms with Gasteiger partial charge < -0.3 is 19.9 Å². The fourth-order valence-corrected chi connectivity index (χ4v) is 5.18. The Morgan fingerprint density at radius 2 is 1.45 bits per heavy atom. The molecule has 2 aromatic heterocycles. The molecule has 0 aliphatic carbocycles. The van der Waals surface area contributed by atoms with Crippen molar-refractivity contribution in [2.45, 2.75) is 20.1 Å². The number of fused-ring (bicyclic) bond motifs is 1. The maximum absolute atomic E-state index is 13.1. The van der Waals surface area contributed by atoms with Crippen LogP contribution in [-0.2, 0) is 17.9 Å². The van der Waals surface area contributed by atoms with E-state index in [2.05, 4.69) is 5.32 Å². The van der Waals surface area contributed by atoms with Crippen LogP contribution in [0.5, 0.6) is 0 Å². The van der Waals surface area contributed by atoms with E-state index in [1.165, 1.54) is 10.6 Å². The molecular formula is C34H32N6O4. The molecule has 1 aliphatic rings. The molecule has 0 radical (unpaired) electrons. The first-order valence-corrected chi connectivity index (χ1v) is 14.5. The molecule has 44 heavy (non-hydrogen) atoms. The first kappa shape index (κ1) is 28.6. The lowest BCUT2D eigenvalue weighted by molar-refractivity contribution is 0.0937. The van der Waals surface area contributed by atoms with Gasteiger partial charge >= 0.3 is 6.09 Å². The number of nitrogens with one attached hydrogen (secondary N) is 1. The number of rotatable bonds is 7. The number of nitrogens with zero attached hydrogens (tertiary/aromatic N) is 5. The van der Waals surface area contributed by atoms with Crippen molar-refractivity contribution >= 4 is 29.0 Å². The molecule has 0 unspecified atom stereocenters. The standard InChI is InChI=1S/C34H32N6O4/c1-24-29-16-17-30(41)40(28-14-12-27(13-15-28)32(42)35-22-25-8-4-2-5-9-25)31(29)37-33(36-24)38-18-20-39(21-19-38)34(43)44-23-26-10-6-3-7-11-26/h2-17H,18-23H2,1H3,(H,35,42). The molecule has 3 heterocycles. The average molecular weight is 589 g/mol. The van der Waals surface area contributed by atoms with Crippen LogP contribution in [-0.4, -0.2) is 57.6 Å². The normalized spacial score (nSPS) is 13.1. The van der Waals surface area contributed by atoms with Gasteiger partial charge in [0.15, 0.2) is 5.65 Å². The number of ether oxygens (including phenoxy) is 1. The summed E-state index contributed by atoms with van der Waals surface area (Å²) < 4.78 is 7.03. The Kier molecular flexibility index (Phi) is 8.31. The minimum absolute atomic E-state index is 0.200. The predicted octanol–water partition coefficient (Wildman–Crippen LogP) is 4.48. The van der Waals surface area contributed by atoms with E-state index < -0.39 is 0 Å². The zero-order chi connectivity index (χ0) is 30.5. The number of carbonyl (C=O) groups is 2. The number of anilines is 1. The lowest BCUT2D eigenvalue weighted by Crippen LogP contribution is -2.49. The van der Waals surface area contributed by atoms with E-state index >= 15 is 0 Å². The van der Waals surface area contributed by atoms with E-state index in [0.717, 1.165) is 22.2 Å². The highest BCUT2D eigenvalue weighted by Gasteiger charge is 2.25. The Morgan fingerprint density at radius 3 is 2.14 bits per heavy atom. The molecule has 10 heteroatoms. The SMILES string of the molecule is Cc1nc(N2CCN(C(=O)OCc3ccccc3)CC2)nc2c1ccc(=O)n2-c1ccc(C(=O)NCc2ccccc2)cc1. The third-order valence-electron chi connectivity index (χ3n) is 7.64. The van der Waals surface area contributed by atoms with Crippen LogP contribution in [0.2, 0.25) is 0 Å². The van der Waals surface area contributed by atoms with Gasteiger partial charge in [0.25, 0.3) is 11.5 Å². The Bertz CT molecular complexity index is 1830. The zero-order valence-electron chi connectivity index (χ0n) is 24.3. The van der Waals surface area contributed by atoms with Gasteiger partial charge in [-0.05, 0) is 48.4 Å². The van der Waals surface area contributed by atoms with E-state index in [1.807, 2.05) is 72.5 Å². The molecule has 5 aromatic rings. The van der Waals surface area contributed by atoms with Gasteiger partial charge in [-0.15, -0.1) is 0 Å². The number of hydrogen-bond acceptors (Lipinski definition) is 7. The van der Waals surface area contributed by atoms with Gasteiger partial charge in [-0.3, -0.25) is 14.2 Å². The third kappa shape index (κ3) is 6.29. The second-order valence-electron chi connectivity index (χ2n) is 10.6. The topological polar surface area (TPSA) is 110 Å². The van der Waals surface area contributed by atoms with Crippen LogP contribution in [0.3, 0.4) is 0 Å². The molecule has 0 saturated carbocycles. The molecule has 0 atom stereocenters. The summed E-state index contributed by atoms with van der Waals surface area (Å²) in [7, 11) is 0. The Morgan fingerprint density at radius 1 is 0.795 bits per heavy atom. The lowest BCUT2D eigenvalue weighted by Gasteiger charge is -2.34. The van der Waals surface area contributed by atoms with Gasteiger partial charge in [0.2, 0.25) is 5.95 Å². The molecule has 6 rings (SSSR count). The van der Waals surface area contributed by atoms with Crippen molar-refractivity contribution in [1.29, 1.82) is 0 Å². The largest absolute Gasteiger partial charge is 0.445 e. The molecular weight excluding hydrogens is 556 g/mol. The van der Waals surface area contributed by atoms with Gasteiger partial charge in [-0.25, -0.2) is 9.78 Å². The number of benzene rings is 3. The van der Waals surface area contributed by atoms with E-state index in [4.69, 9.17) is 14.7 Å². The van der Waals surface area contributed by atoms with E-state index in [0.29, 0.717) is 55.6 Å². The average Bonchev–Trinajstić information content (AvgIpc) is 3.07. The van der Waals surface area contributed by atoms with Crippen molar-refractivity contribution in [3.05, 3.63) is 130 Å². The Balaban J connectivity index is 1.17. The van der Waals surface area contributed by atoms with Crippen LogP contribution in [0.15, 0.2) is 102 Å². The van der Waals surface area contributed by atoms with Gasteiger partial charge in [0.1, 0.15) is 6.61 Å². The van der Waals surface area contributed by atoms with Crippen molar-refractivity contribution in [3.63, 3.8) is 0 Å². The summed E-state index contributed by atoms with van der Waals surface area (Å²) in [5.74, 6) is 0.290. The zero-order valence-corrected chi connectivity index (χ0v) is 24.3. The van der Waals surface area contributed by atoms with Crippen molar-refractivity contribution < 1.29 is 14.3 Å². The molecule has 1 fully saturated rings. The van der Waals surface area contributed by atoms with E-state index in [-0.39, 0.29) is 24.2 Å². The number of carbonyl (C=O) groups excluding carboxylic acids is 2. The molecule has 10 nitrogen and oxygen atoms in total. The molecule has 222 valence electrons. The highest BCUT2D eigenvalue weighted by atomic mass is 16.6. The van der Waals surface area contributed by atoms with Gasteiger partial charge in [-0.1, -0.05) is 60.7 Å². The minimum atomic E-state index is -0.352. The van der Waals surface area contributed by atoms with Crippen LogP contribution in [0.4, 0.5) is 10.7 Å². The van der Waals surface area contributed by atoms with Crippen molar-refractivity contribution in [2.24, 2.45) is 0 Å². The first-order chi connectivity index (χ1) is 21.5. The highest BCUT2D eigenvalue weighted by molar-refractivity contribution is 5.94. The number of hydrogen-bond donors (Lipinski definition) is 1. The highest BCUT2D eigenvalue weighted by Crippen LogP contribution is 2.22. The summed E-state index contributed by atoms with van der Waals surface area (Å²) >= 11 is 0. The number of aromatic nitrogens is 3. The number of pyridine rings is 1. The summed E-state index contributed by atoms with van der Waals surface area (Å²) in [6.07, 6.45) is -0.352. The first-order valence-electron chi connectivity index (χ1n) is 14.5. The van der Waals surface area contributed by atoms with Crippen LogP contribution < -0.4 is 15.8 Å². The van der Waals surface area contributed by atoms with Crippen molar-refractivity contribution in [2.75, 3.05) is 31.1 Å².